The molecule has 0 unspecified atom stereocenters. The van der Waals surface area contributed by atoms with Crippen molar-refractivity contribution in [3.63, 3.8) is 0 Å². The smallest absolute Gasteiger partial charge is 0.272 e. The van der Waals surface area contributed by atoms with E-state index in [1.54, 1.807) is 28.8 Å². The van der Waals surface area contributed by atoms with Crippen molar-refractivity contribution in [3.8, 4) is 0 Å². The van der Waals surface area contributed by atoms with Gasteiger partial charge in [-0.1, -0.05) is 11.8 Å². The van der Waals surface area contributed by atoms with Gasteiger partial charge in [0, 0.05) is 17.9 Å². The first kappa shape index (κ1) is 21.8. The Morgan fingerprint density at radius 1 is 1.24 bits per heavy atom. The van der Waals surface area contributed by atoms with E-state index in [9.17, 15) is 14.4 Å². The molecule has 1 aromatic carbocycles. The summed E-state index contributed by atoms with van der Waals surface area (Å²) in [4.78, 5) is 37.0. The van der Waals surface area contributed by atoms with Crippen LogP contribution in [0.25, 0.3) is 16.0 Å². The van der Waals surface area contributed by atoms with E-state index in [0.717, 1.165) is 18.4 Å². The van der Waals surface area contributed by atoms with Crippen LogP contribution in [-0.4, -0.2) is 49.3 Å². The minimum atomic E-state index is -0.207. The Hall–Kier alpha value is -3.02. The van der Waals surface area contributed by atoms with Gasteiger partial charge in [-0.3, -0.25) is 23.4 Å². The maximum atomic E-state index is 13.1. The van der Waals surface area contributed by atoms with Crippen molar-refractivity contribution < 1.29 is 14.3 Å². The number of aromatic nitrogens is 4. The van der Waals surface area contributed by atoms with Gasteiger partial charge in [-0.05, 0) is 55.5 Å². The normalized spacial score (nSPS) is 16.0. The molecule has 0 bridgehead atoms. The van der Waals surface area contributed by atoms with Crippen LogP contribution >= 0.6 is 23.1 Å². The molecule has 0 spiro atoms. The Kier molecular flexibility index (Phi) is 6.00. The summed E-state index contributed by atoms with van der Waals surface area (Å²) in [6, 6.07) is 8.62. The van der Waals surface area contributed by atoms with Crippen molar-refractivity contribution in [2.75, 3.05) is 17.7 Å². The van der Waals surface area contributed by atoms with E-state index in [1.807, 2.05) is 15.8 Å². The fourth-order valence-corrected chi connectivity index (χ4v) is 5.43. The van der Waals surface area contributed by atoms with Crippen molar-refractivity contribution in [2.45, 2.75) is 37.6 Å². The molecule has 4 heterocycles. The number of hydrogen-bond acceptors (Lipinski definition) is 8. The minimum Gasteiger partial charge on any atom is -0.376 e. The molecule has 1 aliphatic rings. The Bertz CT molecular complexity index is 1400. The minimum absolute atomic E-state index is 0.0168. The number of rotatable bonds is 7. The predicted molar refractivity (Wildman–Crippen MR) is 127 cm³/mol. The van der Waals surface area contributed by atoms with Crippen molar-refractivity contribution >= 4 is 56.5 Å². The maximum absolute atomic E-state index is 13.1. The van der Waals surface area contributed by atoms with Gasteiger partial charge in [0.05, 0.1) is 23.9 Å². The Morgan fingerprint density at radius 3 is 2.79 bits per heavy atom. The van der Waals surface area contributed by atoms with E-state index < -0.39 is 0 Å². The lowest BCUT2D eigenvalue weighted by Crippen LogP contribution is -2.28. The standard InChI is InChI=1S/C22H21N5O4S2/c1-13(28)14-4-6-15(7-5-14)23-18(29)12-33-22-25-24-21-26(11-16-3-2-9-31-16)20(30)19-17(27(21)22)8-10-32-19/h4-8,10,16H,2-3,9,11-12H2,1H3,(H,23,29)/t16-/m1/s1. The average molecular weight is 484 g/mol. The quantitative estimate of drug-likeness (QED) is 0.318. The summed E-state index contributed by atoms with van der Waals surface area (Å²) in [7, 11) is 0. The Balaban J connectivity index is 1.38. The molecule has 1 saturated heterocycles. The molecule has 1 amide bonds. The van der Waals surface area contributed by atoms with E-state index in [4.69, 9.17) is 4.74 Å². The summed E-state index contributed by atoms with van der Waals surface area (Å²) >= 11 is 2.63. The monoisotopic (exact) mass is 483 g/mol. The molecule has 33 heavy (non-hydrogen) atoms. The Morgan fingerprint density at radius 2 is 2.06 bits per heavy atom. The van der Waals surface area contributed by atoms with E-state index in [2.05, 4.69) is 15.5 Å². The lowest BCUT2D eigenvalue weighted by molar-refractivity contribution is -0.113. The van der Waals surface area contributed by atoms with Crippen molar-refractivity contribution in [2.24, 2.45) is 0 Å². The second-order valence-corrected chi connectivity index (χ2v) is 9.63. The van der Waals surface area contributed by atoms with Gasteiger partial charge < -0.3 is 10.1 Å². The molecule has 3 aromatic heterocycles. The predicted octanol–water partition coefficient (Wildman–Crippen LogP) is 3.22. The topological polar surface area (TPSA) is 108 Å². The number of hydrogen-bond donors (Lipinski definition) is 1. The molecular weight excluding hydrogens is 462 g/mol. The van der Waals surface area contributed by atoms with Crippen LogP contribution in [0, 0.1) is 0 Å². The van der Waals surface area contributed by atoms with E-state index in [0.29, 0.717) is 40.0 Å². The van der Waals surface area contributed by atoms with Gasteiger partial charge in [-0.15, -0.1) is 21.5 Å². The third-order valence-corrected chi connectivity index (χ3v) is 7.32. The molecule has 1 fully saturated rings. The number of amides is 1. The highest BCUT2D eigenvalue weighted by Crippen LogP contribution is 2.25. The van der Waals surface area contributed by atoms with Gasteiger partial charge >= 0.3 is 0 Å². The second kappa shape index (κ2) is 9.08. The van der Waals surface area contributed by atoms with Gasteiger partial charge in [0.15, 0.2) is 10.9 Å². The highest BCUT2D eigenvalue weighted by Gasteiger charge is 2.23. The summed E-state index contributed by atoms with van der Waals surface area (Å²) in [6.45, 7) is 2.63. The molecule has 170 valence electrons. The van der Waals surface area contributed by atoms with Crippen LogP contribution in [0.1, 0.15) is 30.1 Å². The molecule has 1 aliphatic heterocycles. The largest absolute Gasteiger partial charge is 0.376 e. The first-order valence-corrected chi connectivity index (χ1v) is 12.4. The number of anilines is 1. The van der Waals surface area contributed by atoms with Crippen LogP contribution < -0.4 is 10.9 Å². The fourth-order valence-electron chi connectivity index (χ4n) is 3.87. The van der Waals surface area contributed by atoms with Crippen LogP contribution in [-0.2, 0) is 16.1 Å². The number of thioether (sulfide) groups is 1. The molecule has 4 aromatic rings. The highest BCUT2D eigenvalue weighted by atomic mass is 32.2. The van der Waals surface area contributed by atoms with Crippen LogP contribution in [0.15, 0.2) is 45.7 Å². The third kappa shape index (κ3) is 4.31. The lowest BCUT2D eigenvalue weighted by Gasteiger charge is -2.13. The lowest BCUT2D eigenvalue weighted by atomic mass is 10.1. The molecule has 0 radical (unpaired) electrons. The van der Waals surface area contributed by atoms with Crippen molar-refractivity contribution in [1.82, 2.24) is 19.2 Å². The zero-order valence-corrected chi connectivity index (χ0v) is 19.4. The summed E-state index contributed by atoms with van der Waals surface area (Å²) < 4.78 is 9.81. The first-order chi connectivity index (χ1) is 16.0. The van der Waals surface area contributed by atoms with E-state index >= 15 is 0 Å². The average Bonchev–Trinajstić information content (AvgIpc) is 3.56. The zero-order valence-electron chi connectivity index (χ0n) is 17.8. The summed E-state index contributed by atoms with van der Waals surface area (Å²) in [5.41, 5.74) is 1.84. The van der Waals surface area contributed by atoms with Crippen molar-refractivity contribution in [3.05, 3.63) is 51.6 Å². The van der Waals surface area contributed by atoms with Crippen LogP contribution in [0.2, 0.25) is 0 Å². The maximum Gasteiger partial charge on any atom is 0.272 e. The van der Waals surface area contributed by atoms with Crippen LogP contribution in [0.4, 0.5) is 5.69 Å². The molecule has 1 N–H and O–H groups in total. The van der Waals surface area contributed by atoms with Gasteiger partial charge in [-0.2, -0.15) is 0 Å². The Labute approximate surface area is 196 Å². The number of ether oxygens (including phenoxy) is 1. The molecule has 11 heteroatoms. The summed E-state index contributed by atoms with van der Waals surface area (Å²) in [5, 5.41) is 13.8. The summed E-state index contributed by atoms with van der Waals surface area (Å²) in [5.74, 6) is 0.330. The van der Waals surface area contributed by atoms with Gasteiger partial charge in [0.25, 0.3) is 5.56 Å². The van der Waals surface area contributed by atoms with Crippen LogP contribution in [0.3, 0.4) is 0 Å². The first-order valence-electron chi connectivity index (χ1n) is 10.5. The number of nitrogens with zero attached hydrogens (tertiary/aromatic N) is 4. The van der Waals surface area contributed by atoms with Gasteiger partial charge in [-0.25, -0.2) is 0 Å². The number of ketones is 1. The van der Waals surface area contributed by atoms with Crippen LogP contribution in [0.5, 0.6) is 0 Å². The van der Waals surface area contributed by atoms with E-state index in [-0.39, 0.29) is 29.1 Å². The number of fused-ring (bicyclic) bond motifs is 3. The zero-order chi connectivity index (χ0) is 22.9. The number of carbonyl (C=O) groups excluding carboxylic acids is 2. The van der Waals surface area contributed by atoms with E-state index in [1.165, 1.54) is 30.0 Å². The molecule has 9 nitrogen and oxygen atoms in total. The third-order valence-electron chi connectivity index (χ3n) is 5.50. The highest BCUT2D eigenvalue weighted by molar-refractivity contribution is 7.99. The number of carbonyl (C=O) groups is 2. The SMILES string of the molecule is CC(=O)c1ccc(NC(=O)CSc2nnc3n(C[C@H]4CCCO4)c(=O)c4sccc4n23)cc1. The molecule has 0 saturated carbocycles. The molecule has 0 aliphatic carbocycles. The number of nitrogens with one attached hydrogen (secondary N) is 1. The molecular formula is C22H21N5O4S2. The van der Waals surface area contributed by atoms with Crippen molar-refractivity contribution in [1.29, 1.82) is 0 Å². The number of benzene rings is 1. The van der Waals surface area contributed by atoms with Gasteiger partial charge in [0.1, 0.15) is 4.70 Å². The fraction of sp³-hybridized carbons (Fsp3) is 0.318. The molecule has 1 atom stereocenters. The second-order valence-electron chi connectivity index (χ2n) is 7.77. The number of thiophene rings is 1. The number of Topliss-reactive ketones (excluding diaryl/α,β-unsaturated/α-hetero) is 1. The summed E-state index contributed by atoms with van der Waals surface area (Å²) in [6.07, 6.45) is 1.87. The van der Waals surface area contributed by atoms with Gasteiger partial charge in [0.2, 0.25) is 11.7 Å². The molecule has 5 rings (SSSR count).